The van der Waals surface area contributed by atoms with Gasteiger partial charge in [0.2, 0.25) is 0 Å². The number of hydrogen-bond acceptors (Lipinski definition) is 3. The van der Waals surface area contributed by atoms with Crippen molar-refractivity contribution in [2.24, 2.45) is 5.41 Å². The highest BCUT2D eigenvalue weighted by Crippen LogP contribution is 2.39. The van der Waals surface area contributed by atoms with Gasteiger partial charge in [0.25, 0.3) is 0 Å². The molecule has 1 atom stereocenters. The van der Waals surface area contributed by atoms with Crippen molar-refractivity contribution in [3.05, 3.63) is 35.9 Å². The molecule has 1 aliphatic heterocycles. The van der Waals surface area contributed by atoms with Crippen molar-refractivity contribution in [3.8, 4) is 0 Å². The van der Waals surface area contributed by atoms with Crippen molar-refractivity contribution in [1.29, 1.82) is 0 Å². The summed E-state index contributed by atoms with van der Waals surface area (Å²) >= 11 is 0. The average molecular weight is 263 g/mol. The summed E-state index contributed by atoms with van der Waals surface area (Å²) in [4.78, 5) is 13.4. The van der Waals surface area contributed by atoms with Gasteiger partial charge in [0.15, 0.2) is 0 Å². The van der Waals surface area contributed by atoms with E-state index < -0.39 is 17.0 Å². The Morgan fingerprint density at radius 3 is 2.58 bits per heavy atom. The molecule has 104 valence electrons. The second kappa shape index (κ2) is 4.94. The minimum atomic E-state index is -1.16. The fraction of sp³-hybridized carbons (Fsp3) is 0.533. The van der Waals surface area contributed by atoms with Crippen molar-refractivity contribution in [3.63, 3.8) is 0 Å². The first-order valence-electron chi connectivity index (χ1n) is 6.57. The van der Waals surface area contributed by atoms with Crippen LogP contribution in [-0.4, -0.2) is 39.8 Å². The lowest BCUT2D eigenvalue weighted by Gasteiger charge is -2.36. The molecule has 19 heavy (non-hydrogen) atoms. The molecule has 1 aromatic carbocycles. The Morgan fingerprint density at radius 1 is 1.37 bits per heavy atom. The molecule has 4 nitrogen and oxygen atoms in total. The Balaban J connectivity index is 2.06. The van der Waals surface area contributed by atoms with Crippen LogP contribution in [-0.2, 0) is 11.3 Å². The van der Waals surface area contributed by atoms with Crippen molar-refractivity contribution >= 4 is 5.97 Å². The number of β-amino-alcohol motifs (C(OH)–C–C–N with tert-alkyl or cyclic N) is 1. The Labute approximate surface area is 113 Å². The Bertz CT molecular complexity index is 458. The van der Waals surface area contributed by atoms with Gasteiger partial charge in [-0.3, -0.25) is 9.69 Å². The Morgan fingerprint density at radius 2 is 2.00 bits per heavy atom. The van der Waals surface area contributed by atoms with Gasteiger partial charge in [-0.1, -0.05) is 30.3 Å². The number of benzene rings is 1. The van der Waals surface area contributed by atoms with E-state index in [4.69, 9.17) is 0 Å². The number of carbonyl (C=O) groups is 1. The molecule has 0 amide bonds. The minimum absolute atomic E-state index is 0.404. The molecule has 0 aliphatic carbocycles. The zero-order valence-electron chi connectivity index (χ0n) is 11.5. The molecule has 0 bridgehead atoms. The molecule has 1 unspecified atom stereocenters. The first-order chi connectivity index (χ1) is 8.85. The predicted octanol–water partition coefficient (Wildman–Crippen LogP) is 1.73. The maximum atomic E-state index is 11.3. The van der Waals surface area contributed by atoms with E-state index in [0.717, 1.165) is 13.1 Å². The molecule has 0 saturated carbocycles. The molecule has 0 radical (unpaired) electrons. The van der Waals surface area contributed by atoms with E-state index in [2.05, 4.69) is 4.90 Å². The van der Waals surface area contributed by atoms with Gasteiger partial charge in [-0.25, -0.2) is 0 Å². The van der Waals surface area contributed by atoms with Crippen LogP contribution in [0.15, 0.2) is 30.3 Å². The fourth-order valence-electron chi connectivity index (χ4n) is 2.56. The number of carboxylic acid groups (broad SMARTS) is 1. The van der Waals surface area contributed by atoms with Crippen LogP contribution < -0.4 is 0 Å². The van der Waals surface area contributed by atoms with Crippen LogP contribution in [0.1, 0.15) is 25.8 Å². The molecule has 1 aliphatic rings. The third kappa shape index (κ3) is 2.65. The summed E-state index contributed by atoms with van der Waals surface area (Å²) in [5.74, 6) is -0.948. The summed E-state index contributed by atoms with van der Waals surface area (Å²) in [6, 6.07) is 10.0. The number of carboxylic acids is 1. The molecule has 1 aromatic rings. The van der Waals surface area contributed by atoms with E-state index in [1.807, 2.05) is 30.3 Å². The number of nitrogens with zero attached hydrogens (tertiary/aromatic N) is 1. The number of aliphatic carboxylic acids is 1. The summed E-state index contributed by atoms with van der Waals surface area (Å²) in [7, 11) is 0. The van der Waals surface area contributed by atoms with Gasteiger partial charge in [0, 0.05) is 19.6 Å². The van der Waals surface area contributed by atoms with Crippen LogP contribution in [0.25, 0.3) is 0 Å². The molecule has 2 rings (SSSR count). The number of rotatable bonds is 4. The van der Waals surface area contributed by atoms with Crippen LogP contribution in [0.2, 0.25) is 0 Å². The SMILES string of the molecule is CC(C)(C(=O)O)C1(O)CCN(Cc2ccccc2)C1. The lowest BCUT2D eigenvalue weighted by atomic mass is 9.74. The van der Waals surface area contributed by atoms with Crippen molar-refractivity contribution in [2.45, 2.75) is 32.4 Å². The highest BCUT2D eigenvalue weighted by molar-refractivity contribution is 5.75. The van der Waals surface area contributed by atoms with Crippen LogP contribution in [0.5, 0.6) is 0 Å². The van der Waals surface area contributed by atoms with Crippen LogP contribution >= 0.6 is 0 Å². The van der Waals surface area contributed by atoms with E-state index >= 15 is 0 Å². The molecule has 1 heterocycles. The second-order valence-electron chi connectivity index (χ2n) is 5.91. The van der Waals surface area contributed by atoms with E-state index in [1.165, 1.54) is 5.56 Å². The number of hydrogen-bond donors (Lipinski definition) is 2. The van der Waals surface area contributed by atoms with Crippen molar-refractivity contribution < 1.29 is 15.0 Å². The van der Waals surface area contributed by atoms with E-state index in [1.54, 1.807) is 13.8 Å². The number of likely N-dealkylation sites (tertiary alicyclic amines) is 1. The summed E-state index contributed by atoms with van der Waals surface area (Å²) < 4.78 is 0. The third-order valence-corrected chi connectivity index (χ3v) is 4.27. The van der Waals surface area contributed by atoms with Gasteiger partial charge in [-0.05, 0) is 25.8 Å². The normalized spacial score (nSPS) is 24.6. The van der Waals surface area contributed by atoms with E-state index in [0.29, 0.717) is 13.0 Å². The molecular weight excluding hydrogens is 242 g/mol. The molecule has 4 heteroatoms. The number of aliphatic hydroxyl groups is 1. The maximum Gasteiger partial charge on any atom is 0.312 e. The quantitative estimate of drug-likeness (QED) is 0.868. The van der Waals surface area contributed by atoms with Gasteiger partial charge >= 0.3 is 5.97 Å². The van der Waals surface area contributed by atoms with Gasteiger partial charge in [0.1, 0.15) is 0 Å². The smallest absolute Gasteiger partial charge is 0.312 e. The highest BCUT2D eigenvalue weighted by atomic mass is 16.4. The second-order valence-corrected chi connectivity index (χ2v) is 5.91. The summed E-state index contributed by atoms with van der Waals surface area (Å²) in [6.07, 6.45) is 0.499. The van der Waals surface area contributed by atoms with Crippen LogP contribution in [0.3, 0.4) is 0 Å². The summed E-state index contributed by atoms with van der Waals surface area (Å²) in [5, 5.41) is 19.9. The van der Waals surface area contributed by atoms with Gasteiger partial charge in [-0.2, -0.15) is 0 Å². The Hall–Kier alpha value is -1.39. The van der Waals surface area contributed by atoms with Gasteiger partial charge in [0.05, 0.1) is 11.0 Å². The average Bonchev–Trinajstić information content (AvgIpc) is 2.73. The first-order valence-corrected chi connectivity index (χ1v) is 6.57. The third-order valence-electron chi connectivity index (χ3n) is 4.27. The van der Waals surface area contributed by atoms with Gasteiger partial charge in [-0.15, -0.1) is 0 Å². The lowest BCUT2D eigenvalue weighted by molar-refractivity contribution is -0.163. The fourth-order valence-corrected chi connectivity index (χ4v) is 2.56. The summed E-state index contributed by atoms with van der Waals surface area (Å²) in [5.41, 5.74) is -1.11. The van der Waals surface area contributed by atoms with E-state index in [9.17, 15) is 15.0 Å². The lowest BCUT2D eigenvalue weighted by Crippen LogP contribution is -2.51. The Kier molecular flexibility index (Phi) is 3.65. The first kappa shape index (κ1) is 14.0. The predicted molar refractivity (Wildman–Crippen MR) is 72.7 cm³/mol. The molecule has 2 N–H and O–H groups in total. The summed E-state index contributed by atoms with van der Waals surface area (Å²) in [6.45, 7) is 5.07. The van der Waals surface area contributed by atoms with E-state index in [-0.39, 0.29) is 0 Å². The zero-order valence-corrected chi connectivity index (χ0v) is 11.5. The topological polar surface area (TPSA) is 60.8 Å². The van der Waals surface area contributed by atoms with Gasteiger partial charge < -0.3 is 10.2 Å². The molecular formula is C15H21NO3. The van der Waals surface area contributed by atoms with Crippen LogP contribution in [0.4, 0.5) is 0 Å². The molecule has 1 fully saturated rings. The van der Waals surface area contributed by atoms with Crippen molar-refractivity contribution in [1.82, 2.24) is 4.90 Å². The van der Waals surface area contributed by atoms with Crippen molar-refractivity contribution in [2.75, 3.05) is 13.1 Å². The van der Waals surface area contributed by atoms with Crippen LogP contribution in [0, 0.1) is 5.41 Å². The minimum Gasteiger partial charge on any atom is -0.481 e. The maximum absolute atomic E-state index is 11.3. The largest absolute Gasteiger partial charge is 0.481 e. The highest BCUT2D eigenvalue weighted by Gasteiger charge is 2.52. The monoisotopic (exact) mass is 263 g/mol. The molecule has 1 saturated heterocycles. The molecule has 0 aromatic heterocycles. The zero-order chi connectivity index (χ0) is 14.1. The standard InChI is InChI=1S/C15H21NO3/c1-14(2,13(17)18)15(19)8-9-16(11-15)10-12-6-4-3-5-7-12/h3-7,19H,8-11H2,1-2H3,(H,17,18). The molecule has 0 spiro atoms.